The van der Waals surface area contributed by atoms with Gasteiger partial charge in [-0.25, -0.2) is 0 Å². The van der Waals surface area contributed by atoms with Gasteiger partial charge in [0.2, 0.25) is 5.91 Å². The van der Waals surface area contributed by atoms with E-state index in [4.69, 9.17) is 12.2 Å². The molecule has 1 heterocycles. The number of thiocarbonyl (C=S) groups is 1. The maximum atomic E-state index is 11.9. The van der Waals surface area contributed by atoms with Gasteiger partial charge in [-0.2, -0.15) is 0 Å². The first-order chi connectivity index (χ1) is 13.1. The first-order valence-electron chi connectivity index (χ1n) is 9.26. The first kappa shape index (κ1) is 19.7. The predicted molar refractivity (Wildman–Crippen MR) is 119 cm³/mol. The Bertz CT molecular complexity index is 792. The van der Waals surface area contributed by atoms with Crippen molar-refractivity contribution in [3.8, 4) is 0 Å². The van der Waals surface area contributed by atoms with E-state index < -0.39 is 0 Å². The van der Waals surface area contributed by atoms with E-state index in [0.29, 0.717) is 11.5 Å². The number of carbonyl (C=O) groups is 1. The van der Waals surface area contributed by atoms with Gasteiger partial charge in [-0.1, -0.05) is 23.8 Å². The molecule has 1 aliphatic rings. The normalized spacial score (nSPS) is 13.7. The summed E-state index contributed by atoms with van der Waals surface area (Å²) in [6.45, 7) is 3.73. The highest BCUT2D eigenvalue weighted by molar-refractivity contribution is 7.99. The molecule has 0 aromatic heterocycles. The summed E-state index contributed by atoms with van der Waals surface area (Å²) in [4.78, 5) is 15.0. The molecule has 0 spiro atoms. The number of hydrogen-bond donors (Lipinski definition) is 2. The summed E-state index contributed by atoms with van der Waals surface area (Å²) in [5.74, 6) is 1.24. The van der Waals surface area contributed by atoms with Gasteiger partial charge in [0, 0.05) is 35.8 Å². The second-order valence-corrected chi connectivity index (χ2v) is 8.17. The molecular weight excluding hydrogens is 374 g/mol. The largest absolute Gasteiger partial charge is 0.362 e. The third-order valence-electron chi connectivity index (χ3n) is 4.39. The van der Waals surface area contributed by atoms with Crippen LogP contribution < -0.4 is 15.5 Å². The lowest BCUT2D eigenvalue weighted by Gasteiger charge is -2.17. The lowest BCUT2D eigenvalue weighted by Crippen LogP contribution is -2.29. The van der Waals surface area contributed by atoms with Crippen LogP contribution in [0.1, 0.15) is 24.8 Å². The zero-order valence-corrected chi connectivity index (χ0v) is 17.2. The molecule has 3 rings (SSSR count). The van der Waals surface area contributed by atoms with E-state index in [0.717, 1.165) is 43.1 Å². The third-order valence-corrected chi connectivity index (χ3v) is 5.73. The molecule has 2 N–H and O–H groups in total. The summed E-state index contributed by atoms with van der Waals surface area (Å²) in [5.41, 5.74) is 3.12. The summed E-state index contributed by atoms with van der Waals surface area (Å²) in [5, 5.41) is 7.07. The average molecular weight is 400 g/mol. The van der Waals surface area contributed by atoms with E-state index in [-0.39, 0.29) is 5.91 Å². The number of carbonyl (C=O) groups excluding carboxylic acids is 1. The number of benzene rings is 2. The molecule has 0 radical (unpaired) electrons. The van der Waals surface area contributed by atoms with Crippen molar-refractivity contribution < 1.29 is 4.79 Å². The standard InChI is InChI=1S/C21H25N3OS2/c1-16-8-10-19(11-9-16)27-14-4-12-22-21(26)23-17-5-2-6-18(15-17)24-13-3-7-20(24)25/h2,5-6,8-11,15H,3-4,7,12-14H2,1H3,(H2,22,23,26). The highest BCUT2D eigenvalue weighted by Gasteiger charge is 2.21. The molecule has 142 valence electrons. The van der Waals surface area contributed by atoms with Gasteiger partial charge in [0.25, 0.3) is 0 Å². The van der Waals surface area contributed by atoms with Gasteiger partial charge in [-0.15, -0.1) is 11.8 Å². The van der Waals surface area contributed by atoms with Crippen LogP contribution >= 0.6 is 24.0 Å². The van der Waals surface area contributed by atoms with Gasteiger partial charge in [-0.3, -0.25) is 4.79 Å². The molecule has 2 aromatic rings. The van der Waals surface area contributed by atoms with Crippen LogP contribution in [0, 0.1) is 6.92 Å². The smallest absolute Gasteiger partial charge is 0.227 e. The Hall–Kier alpha value is -2.05. The van der Waals surface area contributed by atoms with Crippen LogP contribution in [-0.4, -0.2) is 29.9 Å². The van der Waals surface area contributed by atoms with E-state index in [1.165, 1.54) is 10.5 Å². The third kappa shape index (κ3) is 5.97. The Labute approximate surface area is 170 Å². The lowest BCUT2D eigenvalue weighted by atomic mass is 10.2. The second-order valence-electron chi connectivity index (χ2n) is 6.60. The number of nitrogens with one attached hydrogen (secondary N) is 2. The monoisotopic (exact) mass is 399 g/mol. The summed E-state index contributed by atoms with van der Waals surface area (Å²) >= 11 is 7.25. The van der Waals surface area contributed by atoms with Crippen LogP contribution in [0.4, 0.5) is 11.4 Å². The maximum absolute atomic E-state index is 11.9. The van der Waals surface area contributed by atoms with Crippen LogP contribution in [0.3, 0.4) is 0 Å². The van der Waals surface area contributed by atoms with Gasteiger partial charge in [0.05, 0.1) is 0 Å². The van der Waals surface area contributed by atoms with Crippen LogP contribution in [0.5, 0.6) is 0 Å². The van der Waals surface area contributed by atoms with E-state index in [2.05, 4.69) is 41.8 Å². The molecule has 27 heavy (non-hydrogen) atoms. The molecule has 0 unspecified atom stereocenters. The average Bonchev–Trinajstić information content (AvgIpc) is 3.09. The van der Waals surface area contributed by atoms with Gasteiger partial charge in [-0.05, 0) is 68.1 Å². The zero-order valence-electron chi connectivity index (χ0n) is 15.5. The highest BCUT2D eigenvalue weighted by Crippen LogP contribution is 2.24. The van der Waals surface area contributed by atoms with Crippen molar-refractivity contribution in [2.75, 3.05) is 29.1 Å². The van der Waals surface area contributed by atoms with Crippen molar-refractivity contribution in [1.82, 2.24) is 5.32 Å². The van der Waals surface area contributed by atoms with E-state index in [1.807, 2.05) is 40.9 Å². The van der Waals surface area contributed by atoms with Crippen molar-refractivity contribution in [1.29, 1.82) is 0 Å². The van der Waals surface area contributed by atoms with Crippen LogP contribution in [0.15, 0.2) is 53.4 Å². The van der Waals surface area contributed by atoms with Crippen LogP contribution in [0.2, 0.25) is 0 Å². The first-order valence-corrected chi connectivity index (χ1v) is 10.7. The molecule has 0 aliphatic carbocycles. The Balaban J connectivity index is 1.39. The molecule has 0 saturated carbocycles. The number of hydrogen-bond acceptors (Lipinski definition) is 3. The van der Waals surface area contributed by atoms with Gasteiger partial charge >= 0.3 is 0 Å². The lowest BCUT2D eigenvalue weighted by molar-refractivity contribution is -0.117. The van der Waals surface area contributed by atoms with Crippen molar-refractivity contribution >= 4 is 46.4 Å². The van der Waals surface area contributed by atoms with Gasteiger partial charge in [0.15, 0.2) is 5.11 Å². The SMILES string of the molecule is Cc1ccc(SCCCNC(=S)Nc2cccc(N3CCCC3=O)c2)cc1. The number of aryl methyl sites for hydroxylation is 1. The molecule has 6 heteroatoms. The fraction of sp³-hybridized carbons (Fsp3) is 0.333. The quantitative estimate of drug-likeness (QED) is 0.405. The number of anilines is 2. The minimum Gasteiger partial charge on any atom is -0.362 e. The van der Waals surface area contributed by atoms with Crippen molar-refractivity contribution in [3.63, 3.8) is 0 Å². The second kappa shape index (κ2) is 9.76. The molecule has 0 atom stereocenters. The number of amides is 1. The molecule has 1 aliphatic heterocycles. The van der Waals surface area contributed by atoms with Crippen LogP contribution in [0.25, 0.3) is 0 Å². The zero-order chi connectivity index (χ0) is 19.1. The van der Waals surface area contributed by atoms with Crippen molar-refractivity contribution in [3.05, 3.63) is 54.1 Å². The van der Waals surface area contributed by atoms with Crippen LogP contribution in [-0.2, 0) is 4.79 Å². The molecule has 1 amide bonds. The fourth-order valence-corrected chi connectivity index (χ4v) is 4.02. The molecule has 0 bridgehead atoms. The number of thioether (sulfide) groups is 1. The minimum absolute atomic E-state index is 0.193. The molecule has 1 fully saturated rings. The number of nitrogens with zero attached hydrogens (tertiary/aromatic N) is 1. The van der Waals surface area contributed by atoms with Gasteiger partial charge in [0.1, 0.15) is 0 Å². The fourth-order valence-electron chi connectivity index (χ4n) is 2.95. The Morgan fingerprint density at radius 3 is 2.78 bits per heavy atom. The summed E-state index contributed by atoms with van der Waals surface area (Å²) in [7, 11) is 0. The molecule has 2 aromatic carbocycles. The highest BCUT2D eigenvalue weighted by atomic mass is 32.2. The molecular formula is C21H25N3OS2. The molecule has 4 nitrogen and oxygen atoms in total. The Kier molecular flexibility index (Phi) is 7.12. The maximum Gasteiger partial charge on any atom is 0.227 e. The summed E-state index contributed by atoms with van der Waals surface area (Å²) in [6.07, 6.45) is 2.60. The van der Waals surface area contributed by atoms with E-state index in [9.17, 15) is 4.79 Å². The van der Waals surface area contributed by atoms with Crippen molar-refractivity contribution in [2.45, 2.75) is 31.1 Å². The topological polar surface area (TPSA) is 44.4 Å². The predicted octanol–water partition coefficient (Wildman–Crippen LogP) is 4.59. The Morgan fingerprint density at radius 1 is 1.22 bits per heavy atom. The van der Waals surface area contributed by atoms with E-state index >= 15 is 0 Å². The minimum atomic E-state index is 0.193. The van der Waals surface area contributed by atoms with Crippen molar-refractivity contribution in [2.24, 2.45) is 0 Å². The Morgan fingerprint density at radius 2 is 2.04 bits per heavy atom. The summed E-state index contributed by atoms with van der Waals surface area (Å²) in [6, 6.07) is 16.5. The summed E-state index contributed by atoms with van der Waals surface area (Å²) < 4.78 is 0. The van der Waals surface area contributed by atoms with Gasteiger partial charge < -0.3 is 15.5 Å². The van der Waals surface area contributed by atoms with E-state index in [1.54, 1.807) is 0 Å². The molecule has 1 saturated heterocycles. The number of rotatable bonds is 7.